The van der Waals surface area contributed by atoms with Crippen molar-refractivity contribution >= 4 is 35.2 Å². The van der Waals surface area contributed by atoms with Crippen LogP contribution >= 0.6 is 0 Å². The Hall–Kier alpha value is -3.03. The van der Waals surface area contributed by atoms with Gasteiger partial charge in [0.25, 0.3) is 5.91 Å². The number of hydrogen-bond donors (Lipinski definition) is 1. The van der Waals surface area contributed by atoms with Gasteiger partial charge in [0.15, 0.2) is 12.4 Å². The Morgan fingerprint density at radius 1 is 1.13 bits per heavy atom. The van der Waals surface area contributed by atoms with Crippen LogP contribution in [0.4, 0.5) is 5.69 Å². The van der Waals surface area contributed by atoms with Crippen molar-refractivity contribution in [1.82, 2.24) is 4.90 Å². The summed E-state index contributed by atoms with van der Waals surface area (Å²) in [6, 6.07) is 5.34. The molecule has 1 N–H and O–H groups in total. The number of nitrogens with one attached hydrogen (secondary N) is 1. The topological polar surface area (TPSA) is 110 Å². The molecule has 4 rings (SSSR count). The van der Waals surface area contributed by atoms with E-state index in [1.54, 1.807) is 18.2 Å². The molecule has 5 atom stereocenters. The van der Waals surface area contributed by atoms with E-state index < -0.39 is 24.5 Å². The molecule has 0 aromatic heterocycles. The number of anilines is 1. The van der Waals surface area contributed by atoms with Gasteiger partial charge in [0.1, 0.15) is 6.04 Å². The number of ether oxygens (including phenoxy) is 1. The number of carbonyl (C=O) groups is 5. The van der Waals surface area contributed by atoms with Crippen LogP contribution in [-0.2, 0) is 23.9 Å². The molecule has 30 heavy (non-hydrogen) atoms. The molecule has 2 bridgehead atoms. The molecule has 1 aromatic rings. The van der Waals surface area contributed by atoms with Crippen LogP contribution in [0.25, 0.3) is 0 Å². The van der Waals surface area contributed by atoms with E-state index in [1.807, 2.05) is 0 Å². The minimum absolute atomic E-state index is 0.135. The van der Waals surface area contributed by atoms with Crippen molar-refractivity contribution in [2.45, 2.75) is 39.2 Å². The van der Waals surface area contributed by atoms with E-state index in [-0.39, 0.29) is 41.3 Å². The molecule has 158 valence electrons. The van der Waals surface area contributed by atoms with Gasteiger partial charge in [-0.15, -0.1) is 0 Å². The first-order valence-electron chi connectivity index (χ1n) is 10.2. The summed E-state index contributed by atoms with van der Waals surface area (Å²) in [5.74, 6) is -2.21. The molecule has 1 aromatic carbocycles. The van der Waals surface area contributed by atoms with Gasteiger partial charge in [0, 0.05) is 11.3 Å². The highest BCUT2D eigenvalue weighted by atomic mass is 16.5. The van der Waals surface area contributed by atoms with Gasteiger partial charge in [-0.1, -0.05) is 12.1 Å². The number of esters is 1. The summed E-state index contributed by atoms with van der Waals surface area (Å²) in [4.78, 5) is 62.6. The Morgan fingerprint density at radius 2 is 1.77 bits per heavy atom. The van der Waals surface area contributed by atoms with Crippen LogP contribution in [0, 0.1) is 23.7 Å². The highest BCUT2D eigenvalue weighted by Crippen LogP contribution is 2.56. The molecule has 0 radical (unpaired) electrons. The minimum Gasteiger partial charge on any atom is -0.454 e. The largest absolute Gasteiger partial charge is 0.454 e. The Bertz CT molecular complexity index is 913. The molecule has 0 unspecified atom stereocenters. The maximum Gasteiger partial charge on any atom is 0.329 e. The number of nitrogens with zero attached hydrogens (tertiary/aromatic N) is 1. The fraction of sp³-hybridized carbons (Fsp3) is 0.500. The predicted molar refractivity (Wildman–Crippen MR) is 105 cm³/mol. The highest BCUT2D eigenvalue weighted by Gasteiger charge is 2.62. The van der Waals surface area contributed by atoms with Crippen LogP contribution in [-0.4, -0.2) is 47.0 Å². The summed E-state index contributed by atoms with van der Waals surface area (Å²) in [5, 5.41) is 2.55. The van der Waals surface area contributed by atoms with Crippen LogP contribution in [0.15, 0.2) is 24.3 Å². The maximum atomic E-state index is 12.8. The van der Waals surface area contributed by atoms with Gasteiger partial charge in [-0.25, -0.2) is 4.79 Å². The van der Waals surface area contributed by atoms with Crippen molar-refractivity contribution in [2.75, 3.05) is 11.9 Å². The first kappa shape index (κ1) is 20.3. The second-order valence-electron chi connectivity index (χ2n) is 8.40. The van der Waals surface area contributed by atoms with Gasteiger partial charge in [-0.2, -0.15) is 0 Å². The molecule has 2 aliphatic carbocycles. The second-order valence-corrected chi connectivity index (χ2v) is 8.40. The number of rotatable bonds is 6. The first-order valence-corrected chi connectivity index (χ1v) is 10.2. The van der Waals surface area contributed by atoms with Gasteiger partial charge >= 0.3 is 5.97 Å². The summed E-state index contributed by atoms with van der Waals surface area (Å²) in [6.07, 6.45) is 2.84. The van der Waals surface area contributed by atoms with E-state index in [0.29, 0.717) is 11.3 Å². The molecule has 2 saturated carbocycles. The van der Waals surface area contributed by atoms with Crippen molar-refractivity contribution in [1.29, 1.82) is 0 Å². The van der Waals surface area contributed by atoms with Crippen molar-refractivity contribution in [2.24, 2.45) is 23.7 Å². The summed E-state index contributed by atoms with van der Waals surface area (Å²) in [6.45, 7) is 2.32. The number of hydrogen-bond acceptors (Lipinski definition) is 6. The van der Waals surface area contributed by atoms with E-state index in [9.17, 15) is 24.0 Å². The average Bonchev–Trinajstić information content (AvgIpc) is 3.39. The van der Waals surface area contributed by atoms with E-state index >= 15 is 0 Å². The first-order chi connectivity index (χ1) is 14.3. The number of amides is 3. The third kappa shape index (κ3) is 3.40. The Labute approximate surface area is 173 Å². The Kier molecular flexibility index (Phi) is 5.17. The van der Waals surface area contributed by atoms with Crippen LogP contribution in [0.5, 0.6) is 0 Å². The lowest BCUT2D eigenvalue weighted by Crippen LogP contribution is -2.45. The Morgan fingerprint density at radius 3 is 2.37 bits per heavy atom. The summed E-state index contributed by atoms with van der Waals surface area (Å²) < 4.78 is 5.05. The lowest BCUT2D eigenvalue weighted by Gasteiger charge is -2.23. The average molecular weight is 412 g/mol. The van der Waals surface area contributed by atoms with Gasteiger partial charge in [-0.05, 0) is 57.1 Å². The van der Waals surface area contributed by atoms with Crippen LogP contribution in [0.1, 0.15) is 43.5 Å². The van der Waals surface area contributed by atoms with Crippen molar-refractivity contribution < 1.29 is 28.7 Å². The number of ketones is 1. The maximum absolute atomic E-state index is 12.8. The van der Waals surface area contributed by atoms with Gasteiger partial charge in [-0.3, -0.25) is 24.1 Å². The van der Waals surface area contributed by atoms with Crippen molar-refractivity contribution in [3.05, 3.63) is 29.8 Å². The van der Waals surface area contributed by atoms with Crippen molar-refractivity contribution in [3.63, 3.8) is 0 Å². The zero-order valence-corrected chi connectivity index (χ0v) is 16.9. The number of likely N-dealkylation sites (tertiary alicyclic amines) is 1. The molecule has 3 fully saturated rings. The van der Waals surface area contributed by atoms with E-state index in [1.165, 1.54) is 19.9 Å². The predicted octanol–water partition coefficient (Wildman–Crippen LogP) is 1.79. The number of fused-ring (bicyclic) bond motifs is 5. The molecule has 3 aliphatic rings. The fourth-order valence-corrected chi connectivity index (χ4v) is 5.19. The molecule has 1 heterocycles. The highest BCUT2D eigenvalue weighted by molar-refractivity contribution is 6.08. The molecular weight excluding hydrogens is 388 g/mol. The minimum atomic E-state index is -1.07. The lowest BCUT2D eigenvalue weighted by atomic mass is 9.81. The molecule has 0 spiro atoms. The normalized spacial score (nSPS) is 27.7. The smallest absolute Gasteiger partial charge is 0.329 e. The van der Waals surface area contributed by atoms with Crippen LogP contribution in [0.2, 0.25) is 0 Å². The van der Waals surface area contributed by atoms with E-state index in [4.69, 9.17) is 4.74 Å². The molecule has 1 saturated heterocycles. The quantitative estimate of drug-likeness (QED) is 0.433. The van der Waals surface area contributed by atoms with E-state index in [0.717, 1.165) is 24.2 Å². The second kappa shape index (κ2) is 7.66. The third-order valence-electron chi connectivity index (χ3n) is 6.59. The number of Topliss-reactive ketones (excluding diaryl/α,β-unsaturated/α-hetero) is 1. The molecule has 8 nitrogen and oxygen atoms in total. The molecule has 1 aliphatic heterocycles. The molecule has 8 heteroatoms. The van der Waals surface area contributed by atoms with E-state index in [2.05, 4.69) is 5.32 Å². The summed E-state index contributed by atoms with van der Waals surface area (Å²) in [5.41, 5.74) is 0.856. The zero-order valence-electron chi connectivity index (χ0n) is 16.9. The standard InChI is InChI=1S/C22H24N2O6/c1-11(24-20(27)18-14-6-7-15(8-14)19(18)21(24)28)22(29)30-10-17(26)23-16-5-3-4-13(9-16)12(2)25/h3-5,9,11,14-15,18-19H,6-8,10H2,1-2H3,(H,23,26)/t11-,14+,15+,18-,19+/m1/s1. The Balaban J connectivity index is 1.33. The SMILES string of the molecule is CC(=O)c1cccc(NC(=O)COC(=O)[C@@H](C)N2C(=O)[C@@H]3[C@H]4CC[C@@H](C4)[C@@H]3C2=O)c1. The molecule has 3 amide bonds. The van der Waals surface area contributed by atoms with Gasteiger partial charge in [0.2, 0.25) is 11.8 Å². The third-order valence-corrected chi connectivity index (χ3v) is 6.59. The zero-order chi connectivity index (χ0) is 21.6. The van der Waals surface area contributed by atoms with Gasteiger partial charge < -0.3 is 10.1 Å². The van der Waals surface area contributed by atoms with Crippen LogP contribution < -0.4 is 5.32 Å². The van der Waals surface area contributed by atoms with Crippen molar-refractivity contribution in [3.8, 4) is 0 Å². The monoisotopic (exact) mass is 412 g/mol. The number of benzene rings is 1. The lowest BCUT2D eigenvalue weighted by molar-refractivity contribution is -0.159. The fourth-order valence-electron chi connectivity index (χ4n) is 5.19. The number of carbonyl (C=O) groups excluding carboxylic acids is 5. The van der Waals surface area contributed by atoms with Crippen LogP contribution in [0.3, 0.4) is 0 Å². The molecular formula is C22H24N2O6. The van der Waals surface area contributed by atoms with Gasteiger partial charge in [0.05, 0.1) is 11.8 Å². The summed E-state index contributed by atoms with van der Waals surface area (Å²) in [7, 11) is 0. The summed E-state index contributed by atoms with van der Waals surface area (Å²) >= 11 is 0. The number of imide groups is 1.